The number of rotatable bonds is 6. The average Bonchev–Trinajstić information content (AvgIpc) is 3.08. The summed E-state index contributed by atoms with van der Waals surface area (Å²) in [7, 11) is 0. The first-order valence-corrected chi connectivity index (χ1v) is 6.78. The Hall–Kier alpha value is -2.75. The van der Waals surface area contributed by atoms with Crippen LogP contribution in [0.15, 0.2) is 15.1 Å². The molecule has 0 saturated heterocycles. The lowest BCUT2D eigenvalue weighted by molar-refractivity contribution is -0.115. The molecule has 10 nitrogen and oxygen atoms in total. The Morgan fingerprint density at radius 1 is 1.30 bits per heavy atom. The normalized spacial score (nSPS) is 11.3. The van der Waals surface area contributed by atoms with Gasteiger partial charge in [-0.3, -0.25) is 9.59 Å². The van der Waals surface area contributed by atoms with Crippen LogP contribution in [0.1, 0.15) is 36.1 Å². The Morgan fingerprint density at radius 2 is 2.04 bits per heavy atom. The fraction of sp³-hybridized carbons (Fsp3) is 0.462. The smallest absolute Gasteiger partial charge is 0.315 e. The summed E-state index contributed by atoms with van der Waals surface area (Å²) in [5, 5.41) is 21.3. The fourth-order valence-corrected chi connectivity index (χ4v) is 1.57. The van der Waals surface area contributed by atoms with Gasteiger partial charge in [0.15, 0.2) is 11.6 Å². The van der Waals surface area contributed by atoms with Crippen LogP contribution in [0.2, 0.25) is 0 Å². The van der Waals surface area contributed by atoms with Gasteiger partial charge in [0.1, 0.15) is 5.76 Å². The predicted molar refractivity (Wildman–Crippen MR) is 76.5 cm³/mol. The van der Waals surface area contributed by atoms with E-state index in [2.05, 4.69) is 25.9 Å². The molecular formula is C13H17N5O5. The third-order valence-electron chi connectivity index (χ3n) is 2.72. The van der Waals surface area contributed by atoms with Crippen molar-refractivity contribution in [3.8, 4) is 0 Å². The van der Waals surface area contributed by atoms with Crippen molar-refractivity contribution in [2.24, 2.45) is 0 Å². The maximum Gasteiger partial charge on any atom is 0.315 e. The first kappa shape index (κ1) is 16.6. The van der Waals surface area contributed by atoms with Gasteiger partial charge in [-0.2, -0.15) is 4.98 Å². The molecule has 0 atom stereocenters. The van der Waals surface area contributed by atoms with Crippen molar-refractivity contribution in [1.82, 2.24) is 20.6 Å². The number of hydrogen-bond acceptors (Lipinski definition) is 8. The first-order chi connectivity index (χ1) is 10.8. The van der Waals surface area contributed by atoms with Gasteiger partial charge in [-0.1, -0.05) is 10.3 Å². The molecule has 0 fully saturated rings. The molecule has 2 rings (SSSR count). The van der Waals surface area contributed by atoms with E-state index in [0.717, 1.165) is 0 Å². The number of amides is 2. The van der Waals surface area contributed by atoms with Crippen LogP contribution in [0.3, 0.4) is 0 Å². The molecule has 0 aliphatic rings. The molecule has 124 valence electrons. The van der Waals surface area contributed by atoms with E-state index in [1.807, 2.05) is 0 Å². The lowest BCUT2D eigenvalue weighted by Crippen LogP contribution is -2.46. The van der Waals surface area contributed by atoms with E-state index in [1.54, 1.807) is 26.8 Å². The Morgan fingerprint density at radius 3 is 2.65 bits per heavy atom. The van der Waals surface area contributed by atoms with E-state index in [-0.39, 0.29) is 30.6 Å². The number of anilines is 1. The van der Waals surface area contributed by atoms with Crippen LogP contribution in [-0.2, 0) is 11.2 Å². The molecule has 0 spiro atoms. The van der Waals surface area contributed by atoms with E-state index >= 15 is 0 Å². The molecular weight excluding hydrogens is 306 g/mol. The fourth-order valence-electron chi connectivity index (χ4n) is 1.57. The lowest BCUT2D eigenvalue weighted by atomic mass is 10.1. The molecule has 2 aromatic rings. The summed E-state index contributed by atoms with van der Waals surface area (Å²) in [5.41, 5.74) is -0.825. The number of carbonyl (C=O) groups excluding carboxylic acids is 2. The maximum absolute atomic E-state index is 11.9. The van der Waals surface area contributed by atoms with Gasteiger partial charge in [-0.05, 0) is 20.8 Å². The summed E-state index contributed by atoms with van der Waals surface area (Å²) in [6.07, 6.45) is -0.188. The standard InChI is InChI=1S/C13H17N5O5/c1-7-4-8(17-22-7)14-10(20)5-9-15-12(23-18-9)11(21)16-13(2,3)6-19/h4,19H,5-6H2,1-3H3,(H,16,21)(H,14,17,20). The van der Waals surface area contributed by atoms with E-state index in [1.165, 1.54) is 0 Å². The Kier molecular flexibility index (Phi) is 4.74. The molecule has 2 heterocycles. The highest BCUT2D eigenvalue weighted by Crippen LogP contribution is 2.08. The number of aryl methyl sites for hydroxylation is 1. The van der Waals surface area contributed by atoms with E-state index in [4.69, 9.17) is 14.2 Å². The summed E-state index contributed by atoms with van der Waals surface area (Å²) in [5.74, 6) is -0.456. The zero-order valence-electron chi connectivity index (χ0n) is 12.9. The molecule has 0 aliphatic carbocycles. The molecule has 0 aromatic carbocycles. The lowest BCUT2D eigenvalue weighted by Gasteiger charge is -2.21. The van der Waals surface area contributed by atoms with Crippen LogP contribution in [0.4, 0.5) is 5.82 Å². The van der Waals surface area contributed by atoms with Gasteiger partial charge in [-0.15, -0.1) is 0 Å². The number of nitrogens with one attached hydrogen (secondary N) is 2. The second-order valence-corrected chi connectivity index (χ2v) is 5.56. The van der Waals surface area contributed by atoms with E-state index < -0.39 is 17.4 Å². The van der Waals surface area contributed by atoms with Gasteiger partial charge in [0.05, 0.1) is 18.6 Å². The van der Waals surface area contributed by atoms with Crippen molar-refractivity contribution in [2.45, 2.75) is 32.7 Å². The number of aromatic nitrogens is 3. The van der Waals surface area contributed by atoms with Gasteiger partial charge in [0.2, 0.25) is 5.91 Å². The van der Waals surface area contributed by atoms with Crippen LogP contribution >= 0.6 is 0 Å². The summed E-state index contributed by atoms with van der Waals surface area (Å²) in [6, 6.07) is 1.56. The highest BCUT2D eigenvalue weighted by atomic mass is 16.5. The Bertz CT molecular complexity index is 705. The topological polar surface area (TPSA) is 143 Å². The Balaban J connectivity index is 1.94. The third kappa shape index (κ3) is 4.61. The van der Waals surface area contributed by atoms with Crippen LogP contribution in [0, 0.1) is 6.92 Å². The zero-order valence-corrected chi connectivity index (χ0v) is 12.9. The second kappa shape index (κ2) is 6.57. The van der Waals surface area contributed by atoms with Crippen molar-refractivity contribution in [2.75, 3.05) is 11.9 Å². The SMILES string of the molecule is Cc1cc(NC(=O)Cc2noc(C(=O)NC(C)(C)CO)n2)no1. The van der Waals surface area contributed by atoms with Crippen molar-refractivity contribution >= 4 is 17.6 Å². The van der Waals surface area contributed by atoms with Crippen LogP contribution < -0.4 is 10.6 Å². The highest BCUT2D eigenvalue weighted by molar-refractivity contribution is 5.92. The van der Waals surface area contributed by atoms with E-state index in [0.29, 0.717) is 5.76 Å². The first-order valence-electron chi connectivity index (χ1n) is 6.78. The van der Waals surface area contributed by atoms with Gasteiger partial charge in [0.25, 0.3) is 0 Å². The quantitative estimate of drug-likeness (QED) is 0.676. The molecule has 0 bridgehead atoms. The maximum atomic E-state index is 11.9. The summed E-state index contributed by atoms with van der Waals surface area (Å²) < 4.78 is 9.62. The van der Waals surface area contributed by atoms with Crippen molar-refractivity contribution < 1.29 is 23.7 Å². The molecule has 3 N–H and O–H groups in total. The molecule has 10 heteroatoms. The largest absolute Gasteiger partial charge is 0.394 e. The highest BCUT2D eigenvalue weighted by Gasteiger charge is 2.24. The number of nitrogens with zero attached hydrogens (tertiary/aromatic N) is 3. The minimum absolute atomic E-state index is 0.0506. The van der Waals surface area contributed by atoms with Crippen LogP contribution in [0.25, 0.3) is 0 Å². The minimum Gasteiger partial charge on any atom is -0.394 e. The van der Waals surface area contributed by atoms with Crippen LogP contribution in [-0.4, -0.2) is 44.4 Å². The van der Waals surface area contributed by atoms with Gasteiger partial charge in [-0.25, -0.2) is 0 Å². The van der Waals surface area contributed by atoms with Crippen molar-refractivity contribution in [3.63, 3.8) is 0 Å². The molecule has 0 unspecified atom stereocenters. The molecule has 23 heavy (non-hydrogen) atoms. The van der Waals surface area contributed by atoms with Gasteiger partial charge < -0.3 is 24.8 Å². The average molecular weight is 323 g/mol. The van der Waals surface area contributed by atoms with Crippen molar-refractivity contribution in [3.05, 3.63) is 23.5 Å². The third-order valence-corrected chi connectivity index (χ3v) is 2.72. The summed E-state index contributed by atoms with van der Waals surface area (Å²) in [4.78, 5) is 27.5. The van der Waals surface area contributed by atoms with Crippen molar-refractivity contribution in [1.29, 1.82) is 0 Å². The summed E-state index contributed by atoms with van der Waals surface area (Å²) >= 11 is 0. The molecule has 2 amide bonds. The second-order valence-electron chi connectivity index (χ2n) is 5.56. The zero-order chi connectivity index (χ0) is 17.0. The Labute approximate surface area is 131 Å². The number of carbonyl (C=O) groups is 2. The minimum atomic E-state index is -0.825. The molecule has 2 aromatic heterocycles. The number of aliphatic hydroxyl groups is 1. The number of aliphatic hydroxyl groups excluding tert-OH is 1. The van der Waals surface area contributed by atoms with Gasteiger partial charge in [0, 0.05) is 6.07 Å². The predicted octanol–water partition coefficient (Wildman–Crippen LogP) is 0.0479. The molecule has 0 radical (unpaired) electrons. The molecule has 0 aliphatic heterocycles. The molecule has 0 saturated carbocycles. The summed E-state index contributed by atoms with van der Waals surface area (Å²) in [6.45, 7) is 4.71. The van der Waals surface area contributed by atoms with Gasteiger partial charge >= 0.3 is 11.8 Å². The monoisotopic (exact) mass is 323 g/mol. The van der Waals surface area contributed by atoms with E-state index in [9.17, 15) is 9.59 Å². The van der Waals surface area contributed by atoms with Crippen LogP contribution in [0.5, 0.6) is 0 Å². The number of hydrogen-bond donors (Lipinski definition) is 3.